The highest BCUT2D eigenvalue weighted by Gasteiger charge is 2.16. The van der Waals surface area contributed by atoms with Gasteiger partial charge in [-0.05, 0) is 59.8 Å². The molecule has 0 radical (unpaired) electrons. The standard InChI is InChI=1S/C24H22BrN3O4S2/c1-31-19-8-3-15(13-20(19)32-2)9-11-26-21(29)14-34-24-27-18-10-12-33-22(18)23(30)28(24)17-6-4-16(25)5-7-17/h3-8,10,12-13H,9,11,14H2,1-2H3,(H,26,29). The van der Waals surface area contributed by atoms with E-state index in [0.29, 0.717) is 45.5 Å². The van der Waals surface area contributed by atoms with E-state index >= 15 is 0 Å². The lowest BCUT2D eigenvalue weighted by Crippen LogP contribution is -2.28. The first kappa shape index (κ1) is 24.3. The van der Waals surface area contributed by atoms with Crippen LogP contribution in [0.3, 0.4) is 0 Å². The fourth-order valence-electron chi connectivity index (χ4n) is 3.37. The predicted molar refractivity (Wildman–Crippen MR) is 140 cm³/mol. The average molecular weight is 560 g/mol. The van der Waals surface area contributed by atoms with Gasteiger partial charge in [0.1, 0.15) is 4.70 Å². The van der Waals surface area contributed by atoms with Crippen LogP contribution in [-0.4, -0.2) is 42.0 Å². The number of nitrogens with one attached hydrogen (secondary N) is 1. The minimum absolute atomic E-state index is 0.132. The molecule has 176 valence electrons. The van der Waals surface area contributed by atoms with Crippen molar-refractivity contribution in [1.82, 2.24) is 14.9 Å². The van der Waals surface area contributed by atoms with E-state index in [9.17, 15) is 9.59 Å². The number of ether oxygens (including phenoxy) is 2. The van der Waals surface area contributed by atoms with Gasteiger partial charge in [-0.2, -0.15) is 0 Å². The number of aromatic nitrogens is 2. The molecule has 0 saturated heterocycles. The highest BCUT2D eigenvalue weighted by molar-refractivity contribution is 9.10. The molecule has 34 heavy (non-hydrogen) atoms. The maximum Gasteiger partial charge on any atom is 0.276 e. The van der Waals surface area contributed by atoms with Crippen molar-refractivity contribution in [1.29, 1.82) is 0 Å². The van der Waals surface area contributed by atoms with Crippen molar-refractivity contribution in [3.63, 3.8) is 0 Å². The molecule has 0 aliphatic heterocycles. The molecule has 2 heterocycles. The fourth-order valence-corrected chi connectivity index (χ4v) is 5.24. The number of nitrogens with zero attached hydrogens (tertiary/aromatic N) is 2. The highest BCUT2D eigenvalue weighted by atomic mass is 79.9. The highest BCUT2D eigenvalue weighted by Crippen LogP contribution is 2.28. The molecule has 0 aliphatic rings. The molecule has 10 heteroatoms. The van der Waals surface area contributed by atoms with Crippen LogP contribution in [0.5, 0.6) is 11.5 Å². The molecule has 2 aromatic heterocycles. The molecular weight excluding hydrogens is 538 g/mol. The van der Waals surface area contributed by atoms with Gasteiger partial charge in [-0.15, -0.1) is 11.3 Å². The number of amides is 1. The van der Waals surface area contributed by atoms with Crippen molar-refractivity contribution in [2.75, 3.05) is 26.5 Å². The second kappa shape index (κ2) is 11.1. The van der Waals surface area contributed by atoms with Gasteiger partial charge in [0, 0.05) is 11.0 Å². The Balaban J connectivity index is 1.44. The molecule has 0 unspecified atom stereocenters. The molecule has 7 nitrogen and oxygen atoms in total. The summed E-state index contributed by atoms with van der Waals surface area (Å²) in [7, 11) is 3.19. The molecule has 0 fully saturated rings. The third-order valence-electron chi connectivity index (χ3n) is 5.05. The number of fused-ring (bicyclic) bond motifs is 1. The Labute approximate surface area is 213 Å². The van der Waals surface area contributed by atoms with E-state index in [1.807, 2.05) is 53.9 Å². The van der Waals surface area contributed by atoms with E-state index in [4.69, 9.17) is 9.47 Å². The van der Waals surface area contributed by atoms with Crippen LogP contribution in [0.4, 0.5) is 0 Å². The summed E-state index contributed by atoms with van der Waals surface area (Å²) in [5.41, 5.74) is 2.23. The zero-order valence-electron chi connectivity index (χ0n) is 18.5. The third kappa shape index (κ3) is 5.45. The lowest BCUT2D eigenvalue weighted by Gasteiger charge is -2.12. The second-order valence-electron chi connectivity index (χ2n) is 7.22. The summed E-state index contributed by atoms with van der Waals surface area (Å²) in [6.07, 6.45) is 0.652. The van der Waals surface area contributed by atoms with Crippen LogP contribution in [0, 0.1) is 0 Å². The lowest BCUT2D eigenvalue weighted by molar-refractivity contribution is -0.118. The number of methoxy groups -OCH3 is 2. The van der Waals surface area contributed by atoms with E-state index < -0.39 is 0 Å². The Morgan fingerprint density at radius 1 is 1.12 bits per heavy atom. The number of hydrogen-bond donors (Lipinski definition) is 1. The number of thioether (sulfide) groups is 1. The fraction of sp³-hybridized carbons (Fsp3) is 0.208. The summed E-state index contributed by atoms with van der Waals surface area (Å²) in [6, 6.07) is 14.9. The van der Waals surface area contributed by atoms with Gasteiger partial charge in [0.2, 0.25) is 5.91 Å². The van der Waals surface area contributed by atoms with E-state index in [0.717, 1.165) is 10.0 Å². The van der Waals surface area contributed by atoms with E-state index in [1.165, 1.54) is 23.1 Å². The molecule has 1 N–H and O–H groups in total. The van der Waals surface area contributed by atoms with Gasteiger partial charge in [0.15, 0.2) is 16.7 Å². The third-order valence-corrected chi connectivity index (χ3v) is 7.41. The molecule has 0 saturated carbocycles. The molecule has 1 amide bonds. The van der Waals surface area contributed by atoms with Gasteiger partial charge in [-0.3, -0.25) is 14.2 Å². The monoisotopic (exact) mass is 559 g/mol. The van der Waals surface area contributed by atoms with Crippen LogP contribution in [0.1, 0.15) is 5.56 Å². The van der Waals surface area contributed by atoms with Crippen LogP contribution in [-0.2, 0) is 11.2 Å². The summed E-state index contributed by atoms with van der Waals surface area (Å²) < 4.78 is 13.7. The van der Waals surface area contributed by atoms with Gasteiger partial charge in [0.25, 0.3) is 5.56 Å². The largest absolute Gasteiger partial charge is 0.493 e. The summed E-state index contributed by atoms with van der Waals surface area (Å²) in [4.78, 5) is 30.3. The normalized spacial score (nSPS) is 10.9. The molecule has 4 aromatic rings. The topological polar surface area (TPSA) is 82.5 Å². The Kier molecular flexibility index (Phi) is 7.91. The van der Waals surface area contributed by atoms with Crippen LogP contribution < -0.4 is 20.3 Å². The number of halogens is 1. The number of rotatable bonds is 9. The Bertz CT molecular complexity index is 1370. The smallest absolute Gasteiger partial charge is 0.276 e. The Hall–Kier alpha value is -2.82. The maximum absolute atomic E-state index is 13.2. The molecule has 0 aliphatic carbocycles. The average Bonchev–Trinajstić information content (AvgIpc) is 3.32. The summed E-state index contributed by atoms with van der Waals surface area (Å²) >= 11 is 6.02. The SMILES string of the molecule is COc1ccc(CCNC(=O)CSc2nc3ccsc3c(=O)n2-c2ccc(Br)cc2)cc1OC. The molecule has 0 bridgehead atoms. The van der Waals surface area contributed by atoms with Gasteiger partial charge in [-0.25, -0.2) is 4.98 Å². The second-order valence-corrected chi connectivity index (χ2v) is 10.00. The molecule has 2 aromatic carbocycles. The molecule has 0 atom stereocenters. The number of thiophene rings is 1. The number of benzene rings is 2. The molecule has 4 rings (SSSR count). The maximum atomic E-state index is 13.2. The van der Waals surface area contributed by atoms with Crippen molar-refractivity contribution in [2.24, 2.45) is 0 Å². The zero-order valence-corrected chi connectivity index (χ0v) is 21.8. The van der Waals surface area contributed by atoms with Crippen molar-refractivity contribution < 1.29 is 14.3 Å². The summed E-state index contributed by atoms with van der Waals surface area (Å²) in [6.45, 7) is 0.478. The lowest BCUT2D eigenvalue weighted by atomic mass is 10.1. The quantitative estimate of drug-likeness (QED) is 0.237. The first-order valence-electron chi connectivity index (χ1n) is 10.4. The van der Waals surface area contributed by atoms with Gasteiger partial charge >= 0.3 is 0 Å². The summed E-state index contributed by atoms with van der Waals surface area (Å²) in [5, 5.41) is 5.26. The molecule has 0 spiro atoms. The van der Waals surface area contributed by atoms with Gasteiger partial charge in [-0.1, -0.05) is 33.8 Å². The number of hydrogen-bond acceptors (Lipinski definition) is 7. The van der Waals surface area contributed by atoms with Crippen molar-refractivity contribution in [3.05, 3.63) is 74.3 Å². The minimum atomic E-state index is -0.140. The minimum Gasteiger partial charge on any atom is -0.493 e. The van der Waals surface area contributed by atoms with Crippen molar-refractivity contribution in [3.8, 4) is 17.2 Å². The number of carbonyl (C=O) groups excluding carboxylic acids is 1. The van der Waals surface area contributed by atoms with E-state index in [1.54, 1.807) is 18.8 Å². The van der Waals surface area contributed by atoms with Crippen molar-refractivity contribution >= 4 is 55.2 Å². The Morgan fingerprint density at radius 2 is 1.88 bits per heavy atom. The van der Waals surface area contributed by atoms with E-state index in [2.05, 4.69) is 26.2 Å². The summed E-state index contributed by atoms with van der Waals surface area (Å²) in [5.74, 6) is 1.33. The van der Waals surface area contributed by atoms with Crippen LogP contribution in [0.2, 0.25) is 0 Å². The van der Waals surface area contributed by atoms with Crippen LogP contribution >= 0.6 is 39.0 Å². The first-order chi connectivity index (χ1) is 16.5. The Morgan fingerprint density at radius 3 is 2.62 bits per heavy atom. The van der Waals surface area contributed by atoms with Crippen molar-refractivity contribution in [2.45, 2.75) is 11.6 Å². The van der Waals surface area contributed by atoms with Gasteiger partial charge in [0.05, 0.1) is 31.2 Å². The first-order valence-corrected chi connectivity index (χ1v) is 13.0. The zero-order chi connectivity index (χ0) is 24.1. The molecular formula is C24H22BrN3O4S2. The predicted octanol–water partition coefficient (Wildman–Crippen LogP) is 4.68. The number of carbonyl (C=O) groups is 1. The van der Waals surface area contributed by atoms with E-state index in [-0.39, 0.29) is 17.2 Å². The van der Waals surface area contributed by atoms with Gasteiger partial charge < -0.3 is 14.8 Å². The van der Waals surface area contributed by atoms with Crippen LogP contribution in [0.25, 0.3) is 15.9 Å². The van der Waals surface area contributed by atoms with Crippen LogP contribution in [0.15, 0.2) is 68.3 Å².